The third-order valence-corrected chi connectivity index (χ3v) is 3.05. The summed E-state index contributed by atoms with van der Waals surface area (Å²) in [6, 6.07) is 0. The highest BCUT2D eigenvalue weighted by atomic mass is 32.2. The Balaban J connectivity index is 2.73. The number of nitrogens with zero attached hydrogens (tertiary/aromatic N) is 2. The lowest BCUT2D eigenvalue weighted by Gasteiger charge is -2.03. The Bertz CT molecular complexity index is 347. The van der Waals surface area contributed by atoms with Crippen molar-refractivity contribution in [1.82, 2.24) is 9.55 Å². The molecule has 0 N–H and O–H groups in total. The van der Waals surface area contributed by atoms with Crippen LogP contribution in [0.25, 0.3) is 0 Å². The second kappa shape index (κ2) is 6.74. The minimum Gasteiger partial charge on any atom is -0.318 e. The molecule has 0 fully saturated rings. The van der Waals surface area contributed by atoms with Crippen LogP contribution >= 0.6 is 11.8 Å². The highest BCUT2D eigenvalue weighted by molar-refractivity contribution is 7.98. The highest BCUT2D eigenvalue weighted by Crippen LogP contribution is 2.16. The summed E-state index contributed by atoms with van der Waals surface area (Å²) in [5, 5.41) is 0.952. The SMILES string of the molecule is CCCC(=O)Cn1cc(CCC)nc1SC. The van der Waals surface area contributed by atoms with Crippen molar-refractivity contribution < 1.29 is 4.79 Å². The maximum Gasteiger partial charge on any atom is 0.168 e. The Morgan fingerprint density at radius 2 is 2.19 bits per heavy atom. The van der Waals surface area contributed by atoms with Crippen LogP contribution < -0.4 is 0 Å². The summed E-state index contributed by atoms with van der Waals surface area (Å²) in [6.07, 6.45) is 7.68. The summed E-state index contributed by atoms with van der Waals surface area (Å²) in [4.78, 5) is 16.1. The minimum atomic E-state index is 0.290. The number of aryl methyl sites for hydroxylation is 1. The Hall–Kier alpha value is -0.770. The average Bonchev–Trinajstić information content (AvgIpc) is 2.61. The van der Waals surface area contributed by atoms with Crippen LogP contribution in [0.2, 0.25) is 0 Å². The molecule has 0 saturated carbocycles. The quantitative estimate of drug-likeness (QED) is 0.687. The van der Waals surface area contributed by atoms with Crippen molar-refractivity contribution in [3.8, 4) is 0 Å². The third kappa shape index (κ3) is 3.67. The molecule has 0 saturated heterocycles. The van der Waals surface area contributed by atoms with Crippen LogP contribution in [0.1, 0.15) is 38.8 Å². The first-order valence-electron chi connectivity index (χ1n) is 5.83. The van der Waals surface area contributed by atoms with Crippen LogP contribution in [0.3, 0.4) is 0 Å². The molecule has 0 aliphatic heterocycles. The Morgan fingerprint density at radius 1 is 1.44 bits per heavy atom. The van der Waals surface area contributed by atoms with Crippen LogP contribution in [0.4, 0.5) is 0 Å². The van der Waals surface area contributed by atoms with E-state index in [1.165, 1.54) is 0 Å². The summed E-state index contributed by atoms with van der Waals surface area (Å²) >= 11 is 1.60. The van der Waals surface area contributed by atoms with Crippen molar-refractivity contribution in [3.05, 3.63) is 11.9 Å². The number of carbonyl (C=O) groups is 1. The number of ketones is 1. The zero-order chi connectivity index (χ0) is 12.0. The van der Waals surface area contributed by atoms with Gasteiger partial charge in [0.05, 0.1) is 12.2 Å². The fourth-order valence-corrected chi connectivity index (χ4v) is 2.21. The molecule has 0 radical (unpaired) electrons. The van der Waals surface area contributed by atoms with Gasteiger partial charge >= 0.3 is 0 Å². The van der Waals surface area contributed by atoms with Gasteiger partial charge in [0, 0.05) is 12.6 Å². The molecule has 3 nitrogen and oxygen atoms in total. The first-order valence-corrected chi connectivity index (χ1v) is 7.05. The van der Waals surface area contributed by atoms with Crippen LogP contribution in [0.5, 0.6) is 0 Å². The van der Waals surface area contributed by atoms with E-state index >= 15 is 0 Å². The number of thioether (sulfide) groups is 1. The van der Waals surface area contributed by atoms with E-state index in [2.05, 4.69) is 11.9 Å². The molecule has 0 atom stereocenters. The first-order chi connectivity index (χ1) is 7.71. The Labute approximate surface area is 102 Å². The number of hydrogen-bond donors (Lipinski definition) is 0. The minimum absolute atomic E-state index is 0.290. The van der Waals surface area contributed by atoms with E-state index in [4.69, 9.17) is 0 Å². The van der Waals surface area contributed by atoms with Gasteiger partial charge in [-0.05, 0) is 19.1 Å². The number of rotatable bonds is 7. The van der Waals surface area contributed by atoms with E-state index in [9.17, 15) is 4.79 Å². The zero-order valence-corrected chi connectivity index (χ0v) is 11.1. The van der Waals surface area contributed by atoms with Crippen molar-refractivity contribution in [2.75, 3.05) is 6.26 Å². The number of hydrogen-bond acceptors (Lipinski definition) is 3. The Kier molecular flexibility index (Phi) is 5.60. The van der Waals surface area contributed by atoms with Gasteiger partial charge in [0.2, 0.25) is 0 Å². The largest absolute Gasteiger partial charge is 0.318 e. The summed E-state index contributed by atoms with van der Waals surface area (Å²) in [5.41, 5.74) is 1.09. The van der Waals surface area contributed by atoms with Gasteiger partial charge in [-0.25, -0.2) is 4.98 Å². The summed E-state index contributed by atoms with van der Waals surface area (Å²) in [7, 11) is 0. The van der Waals surface area contributed by atoms with Gasteiger partial charge in [-0.1, -0.05) is 32.0 Å². The van der Waals surface area contributed by atoms with E-state index in [-0.39, 0.29) is 0 Å². The molecular weight excluding hydrogens is 220 g/mol. The fourth-order valence-electron chi connectivity index (χ4n) is 1.65. The van der Waals surface area contributed by atoms with Gasteiger partial charge in [0.15, 0.2) is 10.9 Å². The molecule has 90 valence electrons. The molecular formula is C12H20N2OS. The lowest BCUT2D eigenvalue weighted by Crippen LogP contribution is -2.09. The molecule has 0 aliphatic carbocycles. The second-order valence-corrected chi connectivity index (χ2v) is 4.66. The summed E-state index contributed by atoms with van der Waals surface area (Å²) in [6.45, 7) is 4.64. The zero-order valence-electron chi connectivity index (χ0n) is 10.3. The normalized spacial score (nSPS) is 10.7. The van der Waals surface area contributed by atoms with Crippen LogP contribution in [-0.4, -0.2) is 21.6 Å². The molecule has 0 spiro atoms. The highest BCUT2D eigenvalue weighted by Gasteiger charge is 2.09. The molecule has 0 amide bonds. The van der Waals surface area contributed by atoms with Crippen molar-refractivity contribution in [1.29, 1.82) is 0 Å². The molecule has 0 aliphatic rings. The van der Waals surface area contributed by atoms with Crippen LogP contribution in [0.15, 0.2) is 11.4 Å². The number of carbonyl (C=O) groups excluding carboxylic acids is 1. The number of Topliss-reactive ketones (excluding diaryl/α,β-unsaturated/α-hetero) is 1. The topological polar surface area (TPSA) is 34.9 Å². The van der Waals surface area contributed by atoms with Crippen molar-refractivity contribution in [2.24, 2.45) is 0 Å². The molecule has 1 rings (SSSR count). The molecule has 16 heavy (non-hydrogen) atoms. The van der Waals surface area contributed by atoms with E-state index in [1.807, 2.05) is 23.9 Å². The average molecular weight is 240 g/mol. The second-order valence-electron chi connectivity index (χ2n) is 3.89. The molecule has 0 unspecified atom stereocenters. The van der Waals surface area contributed by atoms with Crippen molar-refractivity contribution in [3.63, 3.8) is 0 Å². The molecule has 0 aromatic carbocycles. The molecule has 0 bridgehead atoms. The van der Waals surface area contributed by atoms with Crippen molar-refractivity contribution >= 4 is 17.5 Å². The van der Waals surface area contributed by atoms with Crippen molar-refractivity contribution in [2.45, 2.75) is 51.2 Å². The maximum absolute atomic E-state index is 11.6. The van der Waals surface area contributed by atoms with Gasteiger partial charge in [0.1, 0.15) is 0 Å². The van der Waals surface area contributed by atoms with E-state index in [1.54, 1.807) is 11.8 Å². The van der Waals surface area contributed by atoms with Gasteiger partial charge in [-0.15, -0.1) is 0 Å². The third-order valence-electron chi connectivity index (χ3n) is 2.35. The standard InChI is InChI=1S/C12H20N2OS/c1-4-6-10-8-14(12(13-10)16-3)9-11(15)7-5-2/h8H,4-7,9H2,1-3H3. The number of imidazole rings is 1. The fraction of sp³-hybridized carbons (Fsp3) is 0.667. The molecule has 4 heteroatoms. The van der Waals surface area contributed by atoms with Crippen LogP contribution in [-0.2, 0) is 17.8 Å². The predicted octanol–water partition coefficient (Wildman–Crippen LogP) is 2.93. The van der Waals surface area contributed by atoms with Gasteiger partial charge in [-0.3, -0.25) is 4.79 Å². The smallest absolute Gasteiger partial charge is 0.168 e. The van der Waals surface area contributed by atoms with Gasteiger partial charge in [-0.2, -0.15) is 0 Å². The summed E-state index contributed by atoms with van der Waals surface area (Å²) < 4.78 is 1.98. The monoisotopic (exact) mass is 240 g/mol. The Morgan fingerprint density at radius 3 is 2.75 bits per heavy atom. The number of aromatic nitrogens is 2. The molecule has 1 aromatic rings. The lowest BCUT2D eigenvalue weighted by atomic mass is 10.2. The predicted molar refractivity (Wildman–Crippen MR) is 67.9 cm³/mol. The van der Waals surface area contributed by atoms with E-state index in [0.29, 0.717) is 18.7 Å². The van der Waals surface area contributed by atoms with Gasteiger partial charge in [0.25, 0.3) is 0 Å². The van der Waals surface area contributed by atoms with E-state index < -0.39 is 0 Å². The summed E-state index contributed by atoms with van der Waals surface area (Å²) in [5.74, 6) is 0.290. The molecule has 1 aromatic heterocycles. The first kappa shape index (κ1) is 13.3. The van der Waals surface area contributed by atoms with E-state index in [0.717, 1.165) is 30.1 Å². The molecule has 1 heterocycles. The van der Waals surface area contributed by atoms with Gasteiger partial charge < -0.3 is 4.57 Å². The maximum atomic E-state index is 11.6. The van der Waals surface area contributed by atoms with Crippen LogP contribution in [0, 0.1) is 0 Å². The lowest BCUT2D eigenvalue weighted by molar-refractivity contribution is -0.119.